The first-order chi connectivity index (χ1) is 19.3. The number of halogens is 1. The molecule has 206 valence electrons. The summed E-state index contributed by atoms with van der Waals surface area (Å²) >= 11 is 13.0. The third-order valence-corrected chi connectivity index (χ3v) is 9.37. The first-order valence-electron chi connectivity index (χ1n) is 14.1. The van der Waals surface area contributed by atoms with Crippen LogP contribution in [0.4, 0.5) is 11.4 Å². The van der Waals surface area contributed by atoms with Crippen LogP contribution in [0.5, 0.6) is 0 Å². The average Bonchev–Trinajstić information content (AvgIpc) is 3.41. The summed E-state index contributed by atoms with van der Waals surface area (Å²) in [6, 6.07) is 22.9. The highest BCUT2D eigenvalue weighted by Crippen LogP contribution is 2.46. The Labute approximate surface area is 247 Å². The van der Waals surface area contributed by atoms with Gasteiger partial charge in [0, 0.05) is 47.6 Å². The van der Waals surface area contributed by atoms with Crippen LogP contribution in [0.15, 0.2) is 72.9 Å². The number of thiocarbonyl (C=S) groups is 1. The summed E-state index contributed by atoms with van der Waals surface area (Å²) in [5.74, 6) is 0.768. The van der Waals surface area contributed by atoms with Gasteiger partial charge in [0.05, 0.1) is 28.5 Å². The van der Waals surface area contributed by atoms with Crippen LogP contribution >= 0.6 is 23.8 Å². The highest BCUT2D eigenvalue weighted by atomic mass is 35.5. The zero-order valence-corrected chi connectivity index (χ0v) is 25.1. The van der Waals surface area contributed by atoms with Crippen molar-refractivity contribution in [3.63, 3.8) is 0 Å². The molecule has 2 fully saturated rings. The van der Waals surface area contributed by atoms with Gasteiger partial charge in [-0.15, -0.1) is 0 Å². The lowest BCUT2D eigenvalue weighted by Gasteiger charge is -2.33. The van der Waals surface area contributed by atoms with E-state index in [1.54, 1.807) is 0 Å². The van der Waals surface area contributed by atoms with E-state index in [0.717, 1.165) is 46.8 Å². The summed E-state index contributed by atoms with van der Waals surface area (Å²) < 4.78 is 2.35. The second-order valence-corrected chi connectivity index (χ2v) is 12.0. The zero-order valence-electron chi connectivity index (χ0n) is 23.6. The van der Waals surface area contributed by atoms with Crippen LogP contribution in [-0.2, 0) is 0 Å². The Kier molecular flexibility index (Phi) is 7.32. The van der Waals surface area contributed by atoms with Gasteiger partial charge >= 0.3 is 0 Å². The SMILES string of the molecule is Cc1c([C@H]2[C@@H](c3ccccn3)NC(=S)N2c2ccc(N3CCC(C)CC3)c(Cl)c2)c(C)n(-c2ccccc2)c1C. The summed E-state index contributed by atoms with van der Waals surface area (Å²) in [6.45, 7) is 11.0. The Morgan fingerprint density at radius 2 is 1.62 bits per heavy atom. The molecule has 4 aromatic rings. The predicted molar refractivity (Wildman–Crippen MR) is 170 cm³/mol. The van der Waals surface area contributed by atoms with Crippen molar-refractivity contribution in [3.8, 4) is 5.69 Å². The topological polar surface area (TPSA) is 36.3 Å². The van der Waals surface area contributed by atoms with E-state index in [1.807, 2.05) is 18.3 Å². The van der Waals surface area contributed by atoms with Crippen LogP contribution in [0.1, 0.15) is 60.1 Å². The lowest BCUT2D eigenvalue weighted by atomic mass is 9.93. The predicted octanol–water partition coefficient (Wildman–Crippen LogP) is 7.86. The van der Waals surface area contributed by atoms with E-state index in [-0.39, 0.29) is 12.1 Å². The van der Waals surface area contributed by atoms with Crippen molar-refractivity contribution >= 4 is 40.3 Å². The number of nitrogens with one attached hydrogen (secondary N) is 1. The molecule has 0 radical (unpaired) electrons. The van der Waals surface area contributed by atoms with E-state index in [9.17, 15) is 0 Å². The van der Waals surface area contributed by atoms with Crippen molar-refractivity contribution in [2.75, 3.05) is 22.9 Å². The Morgan fingerprint density at radius 1 is 0.900 bits per heavy atom. The van der Waals surface area contributed by atoms with E-state index in [0.29, 0.717) is 5.11 Å². The standard InChI is InChI=1S/C33H36ClN5S/c1-21-15-18-37(19-16-21)29-14-13-26(20-27(29)34)39-32(31(36-33(39)40)28-12-8-9-17-35-28)30-22(2)23(3)38(24(30)4)25-10-6-5-7-11-25/h5-14,17,20-21,31-32H,15-16,18-19H2,1-4H3,(H,36,40)/t31-,32+/m1/s1. The minimum atomic E-state index is -0.112. The van der Waals surface area contributed by atoms with Crippen molar-refractivity contribution in [2.45, 2.75) is 52.6 Å². The van der Waals surface area contributed by atoms with Crippen LogP contribution in [0.2, 0.25) is 5.02 Å². The van der Waals surface area contributed by atoms with Gasteiger partial charge in [-0.05, 0) is 99.8 Å². The molecule has 5 nitrogen and oxygen atoms in total. The van der Waals surface area contributed by atoms with Crippen LogP contribution in [0.25, 0.3) is 5.69 Å². The molecular formula is C33H36ClN5S. The third-order valence-electron chi connectivity index (χ3n) is 8.75. The molecule has 2 saturated heterocycles. The minimum Gasteiger partial charge on any atom is -0.370 e. The van der Waals surface area contributed by atoms with Crippen LogP contribution in [0.3, 0.4) is 0 Å². The largest absolute Gasteiger partial charge is 0.370 e. The molecule has 0 bridgehead atoms. The Morgan fingerprint density at radius 3 is 2.30 bits per heavy atom. The average molecular weight is 570 g/mol. The van der Waals surface area contributed by atoms with E-state index in [1.165, 1.54) is 35.4 Å². The molecule has 2 aromatic carbocycles. The molecule has 2 aliphatic rings. The molecule has 6 rings (SSSR count). The molecule has 0 saturated carbocycles. The number of aromatic nitrogens is 2. The number of anilines is 2. The Bertz CT molecular complexity index is 1530. The van der Waals surface area contributed by atoms with E-state index in [2.05, 4.69) is 102 Å². The van der Waals surface area contributed by atoms with Gasteiger partial charge in [-0.1, -0.05) is 42.8 Å². The molecule has 0 unspecified atom stereocenters. The molecule has 0 aliphatic carbocycles. The fourth-order valence-corrected chi connectivity index (χ4v) is 7.12. The van der Waals surface area contributed by atoms with Gasteiger partial charge < -0.3 is 19.7 Å². The number of piperidine rings is 1. The molecule has 0 amide bonds. The van der Waals surface area contributed by atoms with Crippen LogP contribution < -0.4 is 15.1 Å². The number of nitrogens with zero attached hydrogens (tertiary/aromatic N) is 4. The van der Waals surface area contributed by atoms with Crippen LogP contribution in [-0.4, -0.2) is 27.8 Å². The summed E-state index contributed by atoms with van der Waals surface area (Å²) in [5, 5.41) is 5.07. The fourth-order valence-electron chi connectivity index (χ4n) is 6.48. The summed E-state index contributed by atoms with van der Waals surface area (Å²) in [4.78, 5) is 9.41. The van der Waals surface area contributed by atoms with Crippen molar-refractivity contribution < 1.29 is 0 Å². The maximum atomic E-state index is 7.00. The fraction of sp³-hybridized carbons (Fsp3) is 0.333. The van der Waals surface area contributed by atoms with Crippen molar-refractivity contribution in [1.82, 2.24) is 14.9 Å². The van der Waals surface area contributed by atoms with Gasteiger partial charge in [-0.3, -0.25) is 4.98 Å². The maximum Gasteiger partial charge on any atom is 0.174 e. The van der Waals surface area contributed by atoms with E-state index >= 15 is 0 Å². The molecule has 2 atom stereocenters. The summed E-state index contributed by atoms with van der Waals surface area (Å²) in [5.41, 5.74) is 9.16. The second kappa shape index (κ2) is 10.9. The normalized spacial score (nSPS) is 19.8. The summed E-state index contributed by atoms with van der Waals surface area (Å²) in [7, 11) is 0. The lowest BCUT2D eigenvalue weighted by Crippen LogP contribution is -2.33. The van der Waals surface area contributed by atoms with Crippen LogP contribution in [0, 0.1) is 26.7 Å². The first kappa shape index (κ1) is 26.9. The number of pyridine rings is 1. The van der Waals surface area contributed by atoms with E-state index < -0.39 is 0 Å². The van der Waals surface area contributed by atoms with Crippen molar-refractivity contribution in [2.24, 2.45) is 5.92 Å². The third kappa shape index (κ3) is 4.67. The molecule has 2 aliphatic heterocycles. The lowest BCUT2D eigenvalue weighted by molar-refractivity contribution is 0.438. The monoisotopic (exact) mass is 569 g/mol. The quantitative estimate of drug-likeness (QED) is 0.247. The highest BCUT2D eigenvalue weighted by molar-refractivity contribution is 7.80. The van der Waals surface area contributed by atoms with Gasteiger partial charge in [0.1, 0.15) is 0 Å². The number of hydrogen-bond acceptors (Lipinski definition) is 3. The Balaban J connectivity index is 1.47. The highest BCUT2D eigenvalue weighted by Gasteiger charge is 2.43. The molecule has 4 heterocycles. The van der Waals surface area contributed by atoms with Gasteiger partial charge in [0.25, 0.3) is 0 Å². The zero-order chi connectivity index (χ0) is 28.0. The minimum absolute atomic E-state index is 0.0937. The summed E-state index contributed by atoms with van der Waals surface area (Å²) in [6.07, 6.45) is 4.25. The Hall–Kier alpha value is -3.35. The maximum absolute atomic E-state index is 7.00. The molecule has 0 spiro atoms. The molecule has 2 aromatic heterocycles. The molecule has 7 heteroatoms. The van der Waals surface area contributed by atoms with E-state index in [4.69, 9.17) is 28.8 Å². The van der Waals surface area contributed by atoms with Crippen molar-refractivity contribution in [3.05, 3.63) is 106 Å². The van der Waals surface area contributed by atoms with Gasteiger partial charge in [-0.25, -0.2) is 0 Å². The second-order valence-electron chi connectivity index (χ2n) is 11.2. The molecule has 40 heavy (non-hydrogen) atoms. The smallest absolute Gasteiger partial charge is 0.174 e. The number of benzene rings is 2. The number of hydrogen-bond donors (Lipinski definition) is 1. The molecule has 1 N–H and O–H groups in total. The first-order valence-corrected chi connectivity index (χ1v) is 14.9. The van der Waals surface area contributed by atoms with Gasteiger partial charge in [0.2, 0.25) is 0 Å². The number of rotatable bonds is 5. The van der Waals surface area contributed by atoms with Gasteiger partial charge in [0.15, 0.2) is 5.11 Å². The molecular weight excluding hydrogens is 534 g/mol. The number of para-hydroxylation sites is 1. The van der Waals surface area contributed by atoms with Crippen molar-refractivity contribution in [1.29, 1.82) is 0 Å². The van der Waals surface area contributed by atoms with Gasteiger partial charge in [-0.2, -0.15) is 0 Å².